The molecule has 2 rings (SSSR count). The highest BCUT2D eigenvalue weighted by Gasteiger charge is 2.24. The summed E-state index contributed by atoms with van der Waals surface area (Å²) >= 11 is 3.45. The molecule has 112 valence electrons. The van der Waals surface area contributed by atoms with Crippen LogP contribution in [0.3, 0.4) is 0 Å². The van der Waals surface area contributed by atoms with Crippen molar-refractivity contribution in [2.75, 3.05) is 6.54 Å². The zero-order valence-corrected chi connectivity index (χ0v) is 13.3. The third-order valence-corrected chi connectivity index (χ3v) is 4.36. The van der Waals surface area contributed by atoms with Gasteiger partial charge in [-0.25, -0.2) is 13.2 Å². The maximum Gasteiger partial charge on any atom is 0.134 e. The van der Waals surface area contributed by atoms with Gasteiger partial charge in [-0.15, -0.1) is 0 Å². The second kappa shape index (κ2) is 6.62. The molecule has 1 nitrogen and oxygen atoms in total. The van der Waals surface area contributed by atoms with Crippen LogP contribution in [0, 0.1) is 24.4 Å². The maximum absolute atomic E-state index is 14.1. The van der Waals surface area contributed by atoms with Crippen LogP contribution in [0.2, 0.25) is 0 Å². The second-order valence-corrected chi connectivity index (χ2v) is 5.54. The minimum atomic E-state index is -0.924. The molecule has 0 saturated heterocycles. The first-order valence-electron chi connectivity index (χ1n) is 6.58. The van der Waals surface area contributed by atoms with E-state index in [9.17, 15) is 13.2 Å². The summed E-state index contributed by atoms with van der Waals surface area (Å²) in [5.41, 5.74) is 1.49. The van der Waals surface area contributed by atoms with Gasteiger partial charge in [0.25, 0.3) is 0 Å². The Morgan fingerprint density at radius 1 is 1.14 bits per heavy atom. The summed E-state index contributed by atoms with van der Waals surface area (Å²) in [6.07, 6.45) is 0. The van der Waals surface area contributed by atoms with Gasteiger partial charge in [0.15, 0.2) is 0 Å². The van der Waals surface area contributed by atoms with Crippen molar-refractivity contribution in [1.82, 2.24) is 5.32 Å². The molecule has 5 heteroatoms. The summed E-state index contributed by atoms with van der Waals surface area (Å²) in [6.45, 7) is 4.26. The fourth-order valence-electron chi connectivity index (χ4n) is 2.29. The van der Waals surface area contributed by atoms with Gasteiger partial charge in [-0.2, -0.15) is 0 Å². The number of halogens is 4. The predicted octanol–water partition coefficient (Wildman–Crippen LogP) is 4.87. The number of nitrogens with one attached hydrogen (secondary N) is 1. The number of aryl methyl sites for hydroxylation is 1. The van der Waals surface area contributed by atoms with E-state index in [-0.39, 0.29) is 5.56 Å². The molecule has 0 fully saturated rings. The lowest BCUT2D eigenvalue weighted by Gasteiger charge is -2.22. The third-order valence-electron chi connectivity index (χ3n) is 3.27. The molecule has 0 aliphatic heterocycles. The minimum absolute atomic E-state index is 0.176. The first-order chi connectivity index (χ1) is 9.95. The van der Waals surface area contributed by atoms with Crippen LogP contribution in [0.4, 0.5) is 13.2 Å². The largest absolute Gasteiger partial charge is 0.306 e. The molecular formula is C16H15BrF3N. The summed E-state index contributed by atoms with van der Waals surface area (Å²) in [5, 5.41) is 3.05. The molecule has 0 radical (unpaired) electrons. The lowest BCUT2D eigenvalue weighted by Crippen LogP contribution is -2.25. The fourth-order valence-corrected chi connectivity index (χ4v) is 2.79. The summed E-state index contributed by atoms with van der Waals surface area (Å²) in [6, 6.07) is 6.21. The standard InChI is InChI=1S/C16H15BrF3N/c1-3-21-16(11-6-4-5-9(2)15(11)17)14-12(19)7-10(18)8-13(14)20/h4-8,16,21H,3H2,1-2H3. The molecule has 0 bridgehead atoms. The number of benzene rings is 2. The monoisotopic (exact) mass is 357 g/mol. The molecule has 1 unspecified atom stereocenters. The van der Waals surface area contributed by atoms with Crippen LogP contribution in [0.1, 0.15) is 29.7 Å². The molecule has 2 aromatic carbocycles. The van der Waals surface area contributed by atoms with Gasteiger partial charge in [0, 0.05) is 22.2 Å². The molecule has 0 saturated carbocycles. The number of rotatable bonds is 4. The predicted molar refractivity (Wildman–Crippen MR) is 80.7 cm³/mol. The average molecular weight is 358 g/mol. The zero-order chi connectivity index (χ0) is 15.6. The van der Waals surface area contributed by atoms with Crippen LogP contribution >= 0.6 is 15.9 Å². The van der Waals surface area contributed by atoms with Gasteiger partial charge in [0.05, 0.1) is 6.04 Å². The van der Waals surface area contributed by atoms with Gasteiger partial charge < -0.3 is 5.32 Å². The second-order valence-electron chi connectivity index (χ2n) is 4.75. The summed E-state index contributed by atoms with van der Waals surface area (Å²) in [5.74, 6) is -2.72. The Kier molecular flexibility index (Phi) is 5.06. The van der Waals surface area contributed by atoms with Gasteiger partial charge in [-0.3, -0.25) is 0 Å². The van der Waals surface area contributed by atoms with Crippen molar-refractivity contribution in [2.45, 2.75) is 19.9 Å². The Balaban J connectivity index is 2.62. The lowest BCUT2D eigenvalue weighted by atomic mass is 9.96. The molecule has 0 aliphatic rings. The van der Waals surface area contributed by atoms with E-state index in [1.807, 2.05) is 26.0 Å². The molecule has 0 amide bonds. The van der Waals surface area contributed by atoms with Gasteiger partial charge in [0.1, 0.15) is 17.5 Å². The van der Waals surface area contributed by atoms with E-state index in [0.29, 0.717) is 24.2 Å². The van der Waals surface area contributed by atoms with Crippen molar-refractivity contribution < 1.29 is 13.2 Å². The van der Waals surface area contributed by atoms with Crippen molar-refractivity contribution >= 4 is 15.9 Å². The van der Waals surface area contributed by atoms with Gasteiger partial charge >= 0.3 is 0 Å². The Morgan fingerprint density at radius 2 is 1.76 bits per heavy atom. The van der Waals surface area contributed by atoms with Gasteiger partial charge in [-0.1, -0.05) is 41.1 Å². The molecule has 0 aliphatic carbocycles. The molecule has 2 aromatic rings. The molecular weight excluding hydrogens is 343 g/mol. The highest BCUT2D eigenvalue weighted by molar-refractivity contribution is 9.10. The fraction of sp³-hybridized carbons (Fsp3) is 0.250. The van der Waals surface area contributed by atoms with E-state index >= 15 is 0 Å². The maximum atomic E-state index is 14.1. The van der Waals surface area contributed by atoms with Crippen molar-refractivity contribution in [2.24, 2.45) is 0 Å². The SMILES string of the molecule is CCNC(c1cccc(C)c1Br)c1c(F)cc(F)cc1F. The molecule has 0 aromatic heterocycles. The van der Waals surface area contributed by atoms with Crippen molar-refractivity contribution in [3.63, 3.8) is 0 Å². The Bertz CT molecular complexity index is 635. The molecule has 0 spiro atoms. The normalized spacial score (nSPS) is 12.5. The van der Waals surface area contributed by atoms with Crippen LogP contribution < -0.4 is 5.32 Å². The summed E-state index contributed by atoms with van der Waals surface area (Å²) in [7, 11) is 0. The number of hydrogen-bond acceptors (Lipinski definition) is 1. The molecule has 21 heavy (non-hydrogen) atoms. The van der Waals surface area contributed by atoms with Crippen LogP contribution in [-0.4, -0.2) is 6.54 Å². The third kappa shape index (κ3) is 3.30. The Hall–Kier alpha value is -1.33. The van der Waals surface area contributed by atoms with Crippen LogP contribution in [0.5, 0.6) is 0 Å². The van der Waals surface area contributed by atoms with Crippen LogP contribution in [0.25, 0.3) is 0 Å². The van der Waals surface area contributed by atoms with E-state index < -0.39 is 23.5 Å². The summed E-state index contributed by atoms with van der Waals surface area (Å²) in [4.78, 5) is 0. The minimum Gasteiger partial charge on any atom is -0.306 e. The topological polar surface area (TPSA) is 12.0 Å². The van der Waals surface area contributed by atoms with E-state index in [1.54, 1.807) is 6.07 Å². The quantitative estimate of drug-likeness (QED) is 0.822. The van der Waals surface area contributed by atoms with Crippen LogP contribution in [-0.2, 0) is 0 Å². The van der Waals surface area contributed by atoms with E-state index in [1.165, 1.54) is 0 Å². The Morgan fingerprint density at radius 3 is 2.33 bits per heavy atom. The smallest absolute Gasteiger partial charge is 0.134 e. The highest BCUT2D eigenvalue weighted by atomic mass is 79.9. The van der Waals surface area contributed by atoms with E-state index in [2.05, 4.69) is 21.2 Å². The lowest BCUT2D eigenvalue weighted by molar-refractivity contribution is 0.491. The number of hydrogen-bond donors (Lipinski definition) is 1. The van der Waals surface area contributed by atoms with E-state index in [4.69, 9.17) is 0 Å². The molecule has 1 N–H and O–H groups in total. The van der Waals surface area contributed by atoms with Gasteiger partial charge in [0.2, 0.25) is 0 Å². The molecule has 1 atom stereocenters. The zero-order valence-electron chi connectivity index (χ0n) is 11.7. The average Bonchev–Trinajstić information content (AvgIpc) is 2.40. The first kappa shape index (κ1) is 16.0. The van der Waals surface area contributed by atoms with E-state index in [0.717, 1.165) is 10.0 Å². The molecule has 0 heterocycles. The van der Waals surface area contributed by atoms with Crippen molar-refractivity contribution in [1.29, 1.82) is 0 Å². The van der Waals surface area contributed by atoms with Crippen LogP contribution in [0.15, 0.2) is 34.8 Å². The van der Waals surface area contributed by atoms with Gasteiger partial charge in [-0.05, 0) is 24.6 Å². The van der Waals surface area contributed by atoms with Crippen molar-refractivity contribution in [3.05, 3.63) is 68.9 Å². The summed E-state index contributed by atoms with van der Waals surface area (Å²) < 4.78 is 42.0. The van der Waals surface area contributed by atoms with Crippen molar-refractivity contribution in [3.8, 4) is 0 Å². The Labute approximate surface area is 130 Å². The first-order valence-corrected chi connectivity index (χ1v) is 7.37. The highest BCUT2D eigenvalue weighted by Crippen LogP contribution is 2.33.